The Kier molecular flexibility index (Phi) is 10.5. The summed E-state index contributed by atoms with van der Waals surface area (Å²) in [6, 6.07) is 0.640. The second-order valence-electron chi connectivity index (χ2n) is 7.36. The SMILES string of the molecule is CCN(CC)CCCN(CC)C(C)C(C)CNC(C)(C)C. The van der Waals surface area contributed by atoms with Crippen LogP contribution in [0.5, 0.6) is 0 Å². The molecule has 0 saturated carbocycles. The highest BCUT2D eigenvalue weighted by Crippen LogP contribution is 2.12. The van der Waals surface area contributed by atoms with Crippen LogP contribution in [0, 0.1) is 5.92 Å². The highest BCUT2D eigenvalue weighted by molar-refractivity contribution is 4.78. The molecule has 0 spiro atoms. The van der Waals surface area contributed by atoms with Gasteiger partial charge in [0.15, 0.2) is 0 Å². The highest BCUT2D eigenvalue weighted by atomic mass is 15.2. The van der Waals surface area contributed by atoms with Crippen LogP contribution in [0.25, 0.3) is 0 Å². The zero-order valence-corrected chi connectivity index (χ0v) is 16.0. The highest BCUT2D eigenvalue weighted by Gasteiger charge is 2.20. The van der Waals surface area contributed by atoms with Crippen LogP contribution in [0.3, 0.4) is 0 Å². The summed E-state index contributed by atoms with van der Waals surface area (Å²) in [5.41, 5.74) is 0.216. The van der Waals surface area contributed by atoms with Crippen LogP contribution in [0.1, 0.15) is 61.8 Å². The monoisotopic (exact) mass is 299 g/mol. The van der Waals surface area contributed by atoms with E-state index in [2.05, 4.69) is 70.5 Å². The Labute approximate surface area is 134 Å². The first kappa shape index (κ1) is 20.9. The zero-order valence-electron chi connectivity index (χ0n) is 16.0. The van der Waals surface area contributed by atoms with Crippen molar-refractivity contribution < 1.29 is 0 Å². The molecule has 21 heavy (non-hydrogen) atoms. The second-order valence-corrected chi connectivity index (χ2v) is 7.36. The fourth-order valence-corrected chi connectivity index (χ4v) is 2.68. The van der Waals surface area contributed by atoms with E-state index in [9.17, 15) is 0 Å². The lowest BCUT2D eigenvalue weighted by molar-refractivity contribution is 0.152. The average molecular weight is 300 g/mol. The van der Waals surface area contributed by atoms with Crippen LogP contribution in [0.4, 0.5) is 0 Å². The third-order valence-corrected chi connectivity index (χ3v) is 4.57. The van der Waals surface area contributed by atoms with Gasteiger partial charge in [0, 0.05) is 11.6 Å². The van der Waals surface area contributed by atoms with E-state index in [1.54, 1.807) is 0 Å². The van der Waals surface area contributed by atoms with Crippen LogP contribution in [-0.4, -0.2) is 60.6 Å². The van der Waals surface area contributed by atoms with Gasteiger partial charge in [0.2, 0.25) is 0 Å². The molecular formula is C18H41N3. The maximum atomic E-state index is 3.64. The molecule has 0 aromatic carbocycles. The Bertz CT molecular complexity index is 243. The van der Waals surface area contributed by atoms with Crippen LogP contribution in [-0.2, 0) is 0 Å². The molecule has 2 atom stereocenters. The lowest BCUT2D eigenvalue weighted by Crippen LogP contribution is -2.46. The molecular weight excluding hydrogens is 258 g/mol. The number of rotatable bonds is 11. The van der Waals surface area contributed by atoms with E-state index in [0.717, 1.165) is 13.1 Å². The summed E-state index contributed by atoms with van der Waals surface area (Å²) in [7, 11) is 0. The molecule has 0 saturated heterocycles. The Balaban J connectivity index is 4.18. The van der Waals surface area contributed by atoms with Crippen molar-refractivity contribution in [3.8, 4) is 0 Å². The summed E-state index contributed by atoms with van der Waals surface area (Å²) in [6.07, 6.45) is 1.28. The van der Waals surface area contributed by atoms with Gasteiger partial charge < -0.3 is 15.1 Å². The summed E-state index contributed by atoms with van der Waals surface area (Å²) in [4.78, 5) is 5.15. The van der Waals surface area contributed by atoms with Crippen molar-refractivity contribution >= 4 is 0 Å². The summed E-state index contributed by atoms with van der Waals surface area (Å²) in [6.45, 7) is 25.3. The smallest absolute Gasteiger partial charge is 0.0105 e. The molecule has 0 bridgehead atoms. The number of hydrogen-bond acceptors (Lipinski definition) is 3. The van der Waals surface area contributed by atoms with E-state index in [4.69, 9.17) is 0 Å². The third kappa shape index (κ3) is 9.49. The minimum absolute atomic E-state index is 0.216. The first-order chi connectivity index (χ1) is 9.75. The minimum atomic E-state index is 0.216. The van der Waals surface area contributed by atoms with Gasteiger partial charge in [0.25, 0.3) is 0 Å². The molecule has 1 N–H and O–H groups in total. The van der Waals surface area contributed by atoms with Gasteiger partial charge in [0.05, 0.1) is 0 Å². The normalized spacial score (nSPS) is 15.7. The molecule has 3 nitrogen and oxygen atoms in total. The van der Waals surface area contributed by atoms with Crippen LogP contribution >= 0.6 is 0 Å². The van der Waals surface area contributed by atoms with Crippen molar-refractivity contribution in [1.29, 1.82) is 0 Å². The molecule has 0 aromatic heterocycles. The number of nitrogens with one attached hydrogen (secondary N) is 1. The summed E-state index contributed by atoms with van der Waals surface area (Å²) in [5.74, 6) is 0.678. The number of nitrogens with zero attached hydrogens (tertiary/aromatic N) is 2. The van der Waals surface area contributed by atoms with Gasteiger partial charge in [-0.25, -0.2) is 0 Å². The molecule has 0 aliphatic rings. The second kappa shape index (κ2) is 10.6. The molecule has 3 heteroatoms. The molecule has 128 valence electrons. The maximum Gasteiger partial charge on any atom is 0.0105 e. The minimum Gasteiger partial charge on any atom is -0.312 e. The lowest BCUT2D eigenvalue weighted by Gasteiger charge is -2.34. The van der Waals surface area contributed by atoms with Gasteiger partial charge in [-0.05, 0) is 79.3 Å². The maximum absolute atomic E-state index is 3.64. The third-order valence-electron chi connectivity index (χ3n) is 4.57. The predicted molar refractivity (Wildman–Crippen MR) is 96.0 cm³/mol. The Morgan fingerprint density at radius 2 is 1.48 bits per heavy atom. The van der Waals surface area contributed by atoms with Gasteiger partial charge in [0.1, 0.15) is 0 Å². The molecule has 0 radical (unpaired) electrons. The van der Waals surface area contributed by atoms with Crippen LogP contribution in [0.15, 0.2) is 0 Å². The van der Waals surface area contributed by atoms with Crippen molar-refractivity contribution in [2.24, 2.45) is 5.92 Å². The first-order valence-corrected chi connectivity index (χ1v) is 8.96. The fraction of sp³-hybridized carbons (Fsp3) is 1.00. The average Bonchev–Trinajstić information content (AvgIpc) is 2.43. The van der Waals surface area contributed by atoms with Crippen molar-refractivity contribution in [3.63, 3.8) is 0 Å². The molecule has 0 aliphatic heterocycles. The van der Waals surface area contributed by atoms with E-state index in [1.807, 2.05) is 0 Å². The summed E-state index contributed by atoms with van der Waals surface area (Å²) >= 11 is 0. The standard InChI is InChI=1S/C18H41N3/c1-9-20(10-2)13-12-14-21(11-3)17(5)16(4)15-19-18(6,7)8/h16-17,19H,9-15H2,1-8H3. The Morgan fingerprint density at radius 1 is 0.905 bits per heavy atom. The topological polar surface area (TPSA) is 18.5 Å². The van der Waals surface area contributed by atoms with Gasteiger partial charge in [-0.2, -0.15) is 0 Å². The lowest BCUT2D eigenvalue weighted by atomic mass is 9.99. The Morgan fingerprint density at radius 3 is 1.90 bits per heavy atom. The quantitative estimate of drug-likeness (QED) is 0.630. The first-order valence-electron chi connectivity index (χ1n) is 8.96. The zero-order chi connectivity index (χ0) is 16.5. The van der Waals surface area contributed by atoms with Gasteiger partial charge >= 0.3 is 0 Å². The van der Waals surface area contributed by atoms with Crippen molar-refractivity contribution in [2.75, 3.05) is 39.3 Å². The van der Waals surface area contributed by atoms with E-state index in [-0.39, 0.29) is 5.54 Å². The van der Waals surface area contributed by atoms with E-state index >= 15 is 0 Å². The molecule has 0 aromatic rings. The van der Waals surface area contributed by atoms with Crippen molar-refractivity contribution in [1.82, 2.24) is 15.1 Å². The molecule has 0 rings (SSSR count). The van der Waals surface area contributed by atoms with Crippen LogP contribution in [0.2, 0.25) is 0 Å². The van der Waals surface area contributed by atoms with Gasteiger partial charge in [-0.1, -0.05) is 27.7 Å². The Hall–Kier alpha value is -0.120. The molecule has 0 heterocycles. The number of hydrogen-bond donors (Lipinski definition) is 1. The molecule has 0 fully saturated rings. The van der Waals surface area contributed by atoms with E-state index in [0.29, 0.717) is 12.0 Å². The van der Waals surface area contributed by atoms with Crippen LogP contribution < -0.4 is 5.32 Å². The van der Waals surface area contributed by atoms with Crippen molar-refractivity contribution in [3.05, 3.63) is 0 Å². The largest absolute Gasteiger partial charge is 0.312 e. The molecule has 0 amide bonds. The van der Waals surface area contributed by atoms with E-state index in [1.165, 1.54) is 32.6 Å². The summed E-state index contributed by atoms with van der Waals surface area (Å²) in [5, 5.41) is 3.64. The fourth-order valence-electron chi connectivity index (χ4n) is 2.68. The predicted octanol–water partition coefficient (Wildman–Crippen LogP) is 3.45. The van der Waals surface area contributed by atoms with Crippen molar-refractivity contribution in [2.45, 2.75) is 73.4 Å². The molecule has 2 unspecified atom stereocenters. The summed E-state index contributed by atoms with van der Waals surface area (Å²) < 4.78 is 0. The molecule has 0 aliphatic carbocycles. The van der Waals surface area contributed by atoms with Gasteiger partial charge in [-0.3, -0.25) is 0 Å². The van der Waals surface area contributed by atoms with Gasteiger partial charge in [-0.15, -0.1) is 0 Å². The van der Waals surface area contributed by atoms with E-state index < -0.39 is 0 Å².